The number of carboxylic acids is 1. The third kappa shape index (κ3) is 4.68. The summed E-state index contributed by atoms with van der Waals surface area (Å²) >= 11 is 3.12. The molecule has 10 heteroatoms. The van der Waals surface area contributed by atoms with Crippen molar-refractivity contribution in [2.75, 3.05) is 12.9 Å². The van der Waals surface area contributed by atoms with Crippen LogP contribution in [0.5, 0.6) is 5.75 Å². The van der Waals surface area contributed by atoms with E-state index in [-0.39, 0.29) is 12.0 Å². The van der Waals surface area contributed by atoms with Gasteiger partial charge in [-0.25, -0.2) is 13.2 Å². The summed E-state index contributed by atoms with van der Waals surface area (Å²) in [7, 11) is -2.67. The molecule has 0 radical (unpaired) electrons. The van der Waals surface area contributed by atoms with E-state index in [2.05, 4.69) is 0 Å². The van der Waals surface area contributed by atoms with Gasteiger partial charge < -0.3 is 14.4 Å². The summed E-state index contributed by atoms with van der Waals surface area (Å²) in [4.78, 5) is 11.0. The maximum Gasteiger partial charge on any atom is 0.335 e. The molecule has 0 aliphatic carbocycles. The average Bonchev–Trinajstić information content (AvgIpc) is 3.35. The van der Waals surface area contributed by atoms with Crippen molar-refractivity contribution in [1.82, 2.24) is 0 Å². The Labute approximate surface area is 192 Å². The van der Waals surface area contributed by atoms with E-state index in [1.165, 1.54) is 11.3 Å². The minimum Gasteiger partial charge on any atom is -0.748 e. The van der Waals surface area contributed by atoms with Gasteiger partial charge in [0.05, 0.1) is 22.8 Å². The molecule has 2 aromatic heterocycles. The van der Waals surface area contributed by atoms with Crippen molar-refractivity contribution in [2.45, 2.75) is 13.0 Å². The van der Waals surface area contributed by atoms with E-state index in [9.17, 15) is 17.8 Å². The lowest BCUT2D eigenvalue weighted by Crippen LogP contribution is -2.36. The molecule has 166 valence electrons. The number of nitrogens with zero attached hydrogens (tertiary/aromatic N) is 1. The Balaban J connectivity index is 1.79. The molecule has 2 aromatic carbocycles. The molecule has 0 aliphatic heterocycles. The molecule has 0 fully saturated rings. The quantitative estimate of drug-likeness (QED) is 0.293. The molecule has 4 aromatic rings. The van der Waals surface area contributed by atoms with Gasteiger partial charge in [0.2, 0.25) is 5.52 Å². The van der Waals surface area contributed by atoms with Crippen LogP contribution in [-0.4, -0.2) is 36.9 Å². The number of carboxylic acid groups (broad SMARTS) is 1. The Bertz CT molecular complexity index is 1430. The lowest BCUT2D eigenvalue weighted by Gasteiger charge is -2.05. The molecular weight excluding hydrogens is 470 g/mol. The fraction of sp³-hybridized carbons (Fsp3) is 0.182. The van der Waals surface area contributed by atoms with Gasteiger partial charge >= 0.3 is 5.97 Å². The first-order valence-corrected chi connectivity index (χ1v) is 12.9. The second-order valence-electron chi connectivity index (χ2n) is 7.06. The first-order valence-electron chi connectivity index (χ1n) is 9.62. The number of hydrogen-bond acceptors (Lipinski definition) is 7. The lowest BCUT2D eigenvalue weighted by molar-refractivity contribution is -0.667. The monoisotopic (exact) mass is 489 g/mol. The highest BCUT2D eigenvalue weighted by Crippen LogP contribution is 2.38. The number of rotatable bonds is 8. The lowest BCUT2D eigenvalue weighted by atomic mass is 10.1. The van der Waals surface area contributed by atoms with E-state index in [0.717, 1.165) is 36.6 Å². The van der Waals surface area contributed by atoms with Gasteiger partial charge in [-0.2, -0.15) is 4.57 Å². The molecule has 0 amide bonds. The Morgan fingerprint density at radius 1 is 1.22 bits per heavy atom. The van der Waals surface area contributed by atoms with Crippen molar-refractivity contribution in [3.63, 3.8) is 0 Å². The van der Waals surface area contributed by atoms with Crippen LogP contribution in [0.25, 0.3) is 32.5 Å². The highest BCUT2D eigenvalue weighted by atomic mass is 32.2. The Morgan fingerprint density at radius 3 is 2.62 bits per heavy atom. The summed E-state index contributed by atoms with van der Waals surface area (Å²) in [5, 5.41) is 12.9. The molecule has 0 bridgehead atoms. The molecule has 7 nitrogen and oxygen atoms in total. The number of carbonyl (C=O) groups is 1. The smallest absolute Gasteiger partial charge is 0.335 e. The van der Waals surface area contributed by atoms with Crippen LogP contribution in [-0.2, 0) is 16.7 Å². The predicted molar refractivity (Wildman–Crippen MR) is 125 cm³/mol. The van der Waals surface area contributed by atoms with Crippen LogP contribution in [0.3, 0.4) is 0 Å². The molecule has 0 saturated heterocycles. The van der Waals surface area contributed by atoms with Gasteiger partial charge in [-0.15, -0.1) is 11.3 Å². The number of aryl methyl sites for hydroxylation is 1. The first-order chi connectivity index (χ1) is 15.3. The van der Waals surface area contributed by atoms with E-state index in [0.29, 0.717) is 6.54 Å². The second kappa shape index (κ2) is 8.99. The van der Waals surface area contributed by atoms with Gasteiger partial charge in [0.1, 0.15) is 15.1 Å². The molecule has 2 heterocycles. The van der Waals surface area contributed by atoms with E-state index >= 15 is 0 Å². The predicted octanol–water partition coefficient (Wildman–Crippen LogP) is 4.22. The number of hydrogen-bond donors (Lipinski definition) is 1. The zero-order chi connectivity index (χ0) is 22.9. The number of aromatic carboxylic acids is 1. The van der Waals surface area contributed by atoms with Crippen molar-refractivity contribution in [3.05, 3.63) is 57.9 Å². The fourth-order valence-electron chi connectivity index (χ4n) is 3.49. The third-order valence-electron chi connectivity index (χ3n) is 4.96. The standard InChI is InChI=1S/C22H19NO6S3/c1-29-17-13-18-20(21-16(17)9-11-30-21)23(10-2-12-32(26,27)28)19(31-18)8-5-14-3-6-15(7-4-14)22(24)25/h3-9,11,13H,2,10,12H2,1H3,(H-,24,25,26,27,28)/b8-5-. The number of ether oxygens (including phenoxy) is 1. The molecular formula is C22H19NO6S3. The van der Waals surface area contributed by atoms with Crippen molar-refractivity contribution in [3.8, 4) is 5.75 Å². The minimum atomic E-state index is -4.30. The van der Waals surface area contributed by atoms with E-state index in [1.807, 2.05) is 34.2 Å². The highest BCUT2D eigenvalue weighted by molar-refractivity contribution is 7.85. The number of benzene rings is 2. The average molecular weight is 490 g/mol. The van der Waals surface area contributed by atoms with Gasteiger partial charge in [-0.3, -0.25) is 0 Å². The van der Waals surface area contributed by atoms with Crippen molar-refractivity contribution in [1.29, 1.82) is 0 Å². The second-order valence-corrected chi connectivity index (χ2v) is 10.6. The molecule has 0 atom stereocenters. The van der Waals surface area contributed by atoms with Crippen LogP contribution < -0.4 is 9.30 Å². The zero-order valence-corrected chi connectivity index (χ0v) is 19.4. The molecule has 1 N–H and O–H groups in total. The number of fused-ring (bicyclic) bond motifs is 3. The first kappa shape index (κ1) is 22.4. The van der Waals surface area contributed by atoms with Gasteiger partial charge in [-0.1, -0.05) is 23.5 Å². The van der Waals surface area contributed by atoms with Crippen molar-refractivity contribution < 1.29 is 32.2 Å². The Morgan fingerprint density at radius 2 is 1.97 bits per heavy atom. The normalized spacial score (nSPS) is 12.2. The van der Waals surface area contributed by atoms with E-state index < -0.39 is 21.8 Å². The molecule has 0 saturated carbocycles. The summed E-state index contributed by atoms with van der Waals surface area (Å²) in [6.07, 6.45) is 3.99. The largest absolute Gasteiger partial charge is 0.748 e. The zero-order valence-electron chi connectivity index (χ0n) is 17.0. The molecule has 0 spiro atoms. The molecule has 32 heavy (non-hydrogen) atoms. The van der Waals surface area contributed by atoms with E-state index in [4.69, 9.17) is 9.84 Å². The summed E-state index contributed by atoms with van der Waals surface area (Å²) in [5.41, 5.74) is 2.02. The Kier molecular flexibility index (Phi) is 6.29. The van der Waals surface area contributed by atoms with Crippen molar-refractivity contribution in [2.24, 2.45) is 0 Å². The summed E-state index contributed by atoms with van der Waals surface area (Å²) < 4.78 is 43.0. The number of thiophene rings is 1. The van der Waals surface area contributed by atoms with Crippen LogP contribution in [0.4, 0.5) is 0 Å². The SMILES string of the molecule is COc1cc2sc(/C=C\c3ccc(C(=O)O)cc3)[n+](CCCS(=O)(=O)[O-])c2c2sccc12. The summed E-state index contributed by atoms with van der Waals surface area (Å²) in [5.74, 6) is -0.643. The van der Waals surface area contributed by atoms with Gasteiger partial charge in [-0.05, 0) is 35.2 Å². The van der Waals surface area contributed by atoms with Crippen LogP contribution in [0.2, 0.25) is 0 Å². The molecule has 0 aliphatic rings. The van der Waals surface area contributed by atoms with Gasteiger partial charge in [0, 0.05) is 29.7 Å². The van der Waals surface area contributed by atoms with Gasteiger partial charge in [0.15, 0.2) is 6.54 Å². The maximum absolute atomic E-state index is 11.1. The van der Waals surface area contributed by atoms with Crippen LogP contribution in [0.1, 0.15) is 27.3 Å². The Hall–Kier alpha value is -2.79. The number of aromatic nitrogens is 1. The molecule has 4 rings (SSSR count). The van der Waals surface area contributed by atoms with Crippen molar-refractivity contribution >= 4 is 71.2 Å². The number of thiazole rings is 1. The maximum atomic E-state index is 11.1. The summed E-state index contributed by atoms with van der Waals surface area (Å²) in [6.45, 7) is 0.373. The van der Waals surface area contributed by atoms with E-state index in [1.54, 1.807) is 42.7 Å². The topological polar surface area (TPSA) is 108 Å². The molecule has 0 unspecified atom stereocenters. The highest BCUT2D eigenvalue weighted by Gasteiger charge is 2.24. The van der Waals surface area contributed by atoms with Crippen LogP contribution in [0, 0.1) is 0 Å². The summed E-state index contributed by atoms with van der Waals surface area (Å²) in [6, 6.07) is 10.5. The van der Waals surface area contributed by atoms with Crippen LogP contribution in [0.15, 0.2) is 41.8 Å². The minimum absolute atomic E-state index is 0.204. The third-order valence-corrected chi connectivity index (χ3v) is 7.77. The fourth-order valence-corrected chi connectivity index (χ4v) is 6.14. The van der Waals surface area contributed by atoms with Crippen LogP contribution >= 0.6 is 22.7 Å². The van der Waals surface area contributed by atoms with Gasteiger partial charge in [0.25, 0.3) is 5.01 Å². The number of methoxy groups -OCH3 is 1.